The second kappa shape index (κ2) is 5.92. The minimum Gasteiger partial charge on any atom is -0.481 e. The molecule has 1 unspecified atom stereocenters. The van der Waals surface area contributed by atoms with Crippen molar-refractivity contribution in [1.29, 1.82) is 0 Å². The van der Waals surface area contributed by atoms with Crippen molar-refractivity contribution in [1.82, 2.24) is 0 Å². The van der Waals surface area contributed by atoms with E-state index < -0.39 is 36.1 Å². The van der Waals surface area contributed by atoms with E-state index in [0.717, 1.165) is 0 Å². The summed E-state index contributed by atoms with van der Waals surface area (Å²) in [5.41, 5.74) is 5.48. The Kier molecular flexibility index (Phi) is 4.56. The molecule has 96 valence electrons. The van der Waals surface area contributed by atoms with E-state index in [2.05, 4.69) is 0 Å². The number of carboxylic acids is 2. The van der Waals surface area contributed by atoms with Gasteiger partial charge in [-0.25, -0.2) is 0 Å². The van der Waals surface area contributed by atoms with Crippen molar-refractivity contribution in [3.05, 3.63) is 35.9 Å². The highest BCUT2D eigenvalue weighted by atomic mass is 16.4. The SMILES string of the molecule is N[C@H](CC(C(=O)O)C(=O)c1ccccc1)C(=O)O. The van der Waals surface area contributed by atoms with Gasteiger partial charge >= 0.3 is 11.9 Å². The molecule has 0 spiro atoms. The fraction of sp³-hybridized carbons (Fsp3) is 0.250. The number of hydrogen-bond acceptors (Lipinski definition) is 4. The van der Waals surface area contributed by atoms with Gasteiger partial charge < -0.3 is 15.9 Å². The molecule has 0 aliphatic rings. The third kappa shape index (κ3) is 3.39. The molecule has 1 rings (SSSR count). The number of carboxylic acid groups (broad SMARTS) is 2. The standard InChI is InChI=1S/C12H13NO5/c13-9(12(17)18)6-8(11(15)16)10(14)7-4-2-1-3-5-7/h1-5,8-9H,6,13H2,(H,15,16)(H,17,18)/t8?,9-/m1/s1. The van der Waals surface area contributed by atoms with Crippen LogP contribution in [0.25, 0.3) is 0 Å². The van der Waals surface area contributed by atoms with E-state index in [0.29, 0.717) is 0 Å². The van der Waals surface area contributed by atoms with Gasteiger partial charge in [-0.15, -0.1) is 0 Å². The first-order valence-electron chi connectivity index (χ1n) is 5.24. The summed E-state index contributed by atoms with van der Waals surface area (Å²) in [5.74, 6) is -4.79. The molecular formula is C12H13NO5. The summed E-state index contributed by atoms with van der Waals surface area (Å²) in [7, 11) is 0. The van der Waals surface area contributed by atoms with Gasteiger partial charge in [-0.1, -0.05) is 30.3 Å². The van der Waals surface area contributed by atoms with E-state index in [4.69, 9.17) is 15.9 Å². The van der Waals surface area contributed by atoms with Gasteiger partial charge in [0, 0.05) is 5.56 Å². The molecule has 4 N–H and O–H groups in total. The summed E-state index contributed by atoms with van der Waals surface area (Å²) < 4.78 is 0. The number of rotatable bonds is 6. The molecule has 0 amide bonds. The number of nitrogens with two attached hydrogens (primary N) is 1. The molecule has 0 saturated heterocycles. The molecule has 0 aromatic heterocycles. The van der Waals surface area contributed by atoms with Crippen LogP contribution in [0.2, 0.25) is 0 Å². The zero-order chi connectivity index (χ0) is 13.7. The quantitative estimate of drug-likeness (QED) is 0.496. The van der Waals surface area contributed by atoms with Gasteiger partial charge in [0.25, 0.3) is 0 Å². The predicted octanol–water partition coefficient (Wildman–Crippen LogP) is 0.372. The maximum atomic E-state index is 11.9. The zero-order valence-corrected chi connectivity index (χ0v) is 9.45. The Morgan fingerprint density at radius 1 is 1.06 bits per heavy atom. The number of aliphatic carboxylic acids is 2. The molecular weight excluding hydrogens is 238 g/mol. The van der Waals surface area contributed by atoms with Crippen LogP contribution in [0, 0.1) is 5.92 Å². The van der Waals surface area contributed by atoms with Gasteiger partial charge in [0.05, 0.1) is 0 Å². The molecule has 0 aliphatic heterocycles. The number of Topliss-reactive ketones (excluding diaryl/α,β-unsaturated/α-hetero) is 1. The van der Waals surface area contributed by atoms with Crippen LogP contribution in [0.15, 0.2) is 30.3 Å². The first kappa shape index (κ1) is 13.9. The van der Waals surface area contributed by atoms with Crippen LogP contribution < -0.4 is 5.73 Å². The Hall–Kier alpha value is -2.21. The van der Waals surface area contributed by atoms with E-state index in [-0.39, 0.29) is 5.56 Å². The minimum atomic E-state index is -1.45. The molecule has 6 nitrogen and oxygen atoms in total. The van der Waals surface area contributed by atoms with Crippen LogP contribution in [0.1, 0.15) is 16.8 Å². The van der Waals surface area contributed by atoms with Crippen molar-refractivity contribution >= 4 is 17.7 Å². The van der Waals surface area contributed by atoms with E-state index in [1.165, 1.54) is 12.1 Å². The lowest BCUT2D eigenvalue weighted by molar-refractivity contribution is -0.142. The lowest BCUT2D eigenvalue weighted by Crippen LogP contribution is -2.37. The summed E-state index contributed by atoms with van der Waals surface area (Å²) >= 11 is 0. The Morgan fingerprint density at radius 2 is 1.61 bits per heavy atom. The third-order valence-electron chi connectivity index (χ3n) is 2.48. The maximum Gasteiger partial charge on any atom is 0.320 e. The van der Waals surface area contributed by atoms with Gasteiger partial charge in [0.1, 0.15) is 12.0 Å². The lowest BCUT2D eigenvalue weighted by atomic mass is 9.91. The van der Waals surface area contributed by atoms with Crippen molar-refractivity contribution in [3.63, 3.8) is 0 Å². The normalized spacial score (nSPS) is 13.6. The zero-order valence-electron chi connectivity index (χ0n) is 9.45. The Morgan fingerprint density at radius 3 is 2.06 bits per heavy atom. The number of carbonyl (C=O) groups excluding carboxylic acids is 1. The van der Waals surface area contributed by atoms with E-state index >= 15 is 0 Å². The number of carbonyl (C=O) groups is 3. The Balaban J connectivity index is 2.90. The highest BCUT2D eigenvalue weighted by Gasteiger charge is 2.31. The monoisotopic (exact) mass is 251 g/mol. The molecule has 18 heavy (non-hydrogen) atoms. The topological polar surface area (TPSA) is 118 Å². The average Bonchev–Trinajstić information content (AvgIpc) is 2.35. The molecule has 0 fully saturated rings. The van der Waals surface area contributed by atoms with Gasteiger partial charge in [0.15, 0.2) is 5.78 Å². The van der Waals surface area contributed by atoms with Crippen LogP contribution in [0.5, 0.6) is 0 Å². The van der Waals surface area contributed by atoms with Gasteiger partial charge in [0.2, 0.25) is 0 Å². The lowest BCUT2D eigenvalue weighted by Gasteiger charge is -2.13. The highest BCUT2D eigenvalue weighted by molar-refractivity contribution is 6.08. The highest BCUT2D eigenvalue weighted by Crippen LogP contribution is 2.14. The van der Waals surface area contributed by atoms with Crippen LogP contribution in [-0.2, 0) is 9.59 Å². The number of hydrogen-bond donors (Lipinski definition) is 3. The molecule has 0 bridgehead atoms. The van der Waals surface area contributed by atoms with Crippen molar-refractivity contribution in [2.45, 2.75) is 12.5 Å². The molecule has 0 radical (unpaired) electrons. The van der Waals surface area contributed by atoms with Crippen molar-refractivity contribution in [2.24, 2.45) is 11.7 Å². The minimum absolute atomic E-state index is 0.225. The van der Waals surface area contributed by atoms with Crippen LogP contribution >= 0.6 is 0 Å². The number of benzene rings is 1. The first-order valence-corrected chi connectivity index (χ1v) is 5.24. The smallest absolute Gasteiger partial charge is 0.320 e. The fourth-order valence-electron chi connectivity index (χ4n) is 1.48. The molecule has 1 aromatic rings. The predicted molar refractivity (Wildman–Crippen MR) is 62.1 cm³/mol. The number of ketones is 1. The fourth-order valence-corrected chi connectivity index (χ4v) is 1.48. The summed E-state index contributed by atoms with van der Waals surface area (Å²) in [6, 6.07) is 6.47. The Bertz CT molecular complexity index is 457. The van der Waals surface area contributed by atoms with E-state index in [1.807, 2.05) is 0 Å². The Labute approximate surface area is 103 Å². The van der Waals surface area contributed by atoms with Gasteiger partial charge in [-0.3, -0.25) is 14.4 Å². The summed E-state index contributed by atoms with van der Waals surface area (Å²) in [6.45, 7) is 0. The van der Waals surface area contributed by atoms with E-state index in [1.54, 1.807) is 18.2 Å². The van der Waals surface area contributed by atoms with Crippen molar-refractivity contribution in [2.75, 3.05) is 0 Å². The molecule has 0 heterocycles. The summed E-state index contributed by atoms with van der Waals surface area (Å²) in [4.78, 5) is 33.5. The first-order chi connectivity index (χ1) is 8.43. The van der Waals surface area contributed by atoms with Gasteiger partial charge in [-0.05, 0) is 6.42 Å². The molecule has 2 atom stereocenters. The maximum absolute atomic E-state index is 11.9. The summed E-state index contributed by atoms with van der Waals surface area (Å²) in [5, 5.41) is 17.6. The molecule has 6 heteroatoms. The second-order valence-corrected chi connectivity index (χ2v) is 3.80. The van der Waals surface area contributed by atoms with Gasteiger partial charge in [-0.2, -0.15) is 0 Å². The molecule has 1 aromatic carbocycles. The third-order valence-corrected chi connectivity index (χ3v) is 2.48. The molecule has 0 saturated carbocycles. The van der Waals surface area contributed by atoms with Crippen molar-refractivity contribution in [3.8, 4) is 0 Å². The van der Waals surface area contributed by atoms with Crippen molar-refractivity contribution < 1.29 is 24.6 Å². The van der Waals surface area contributed by atoms with Crippen LogP contribution in [0.4, 0.5) is 0 Å². The van der Waals surface area contributed by atoms with Crippen LogP contribution in [-0.4, -0.2) is 34.0 Å². The average molecular weight is 251 g/mol. The largest absolute Gasteiger partial charge is 0.481 e. The van der Waals surface area contributed by atoms with E-state index in [9.17, 15) is 14.4 Å². The molecule has 0 aliphatic carbocycles. The second-order valence-electron chi connectivity index (χ2n) is 3.80. The van der Waals surface area contributed by atoms with Crippen LogP contribution in [0.3, 0.4) is 0 Å². The summed E-state index contributed by atoms with van der Waals surface area (Å²) in [6.07, 6.45) is -0.432.